The van der Waals surface area contributed by atoms with Crippen LogP contribution in [0.3, 0.4) is 0 Å². The number of nitrogens with one attached hydrogen (secondary N) is 1. The average molecular weight is 272 g/mol. The molecule has 0 radical (unpaired) electrons. The van der Waals surface area contributed by atoms with Crippen LogP contribution in [0.2, 0.25) is 0 Å². The van der Waals surface area contributed by atoms with Crippen molar-refractivity contribution in [1.82, 2.24) is 9.88 Å². The summed E-state index contributed by atoms with van der Waals surface area (Å²) < 4.78 is 0. The van der Waals surface area contributed by atoms with Crippen LogP contribution in [0.1, 0.15) is 23.7 Å². The number of para-hydroxylation sites is 1. The summed E-state index contributed by atoms with van der Waals surface area (Å²) in [6.45, 7) is 3.91. The van der Waals surface area contributed by atoms with E-state index in [0.717, 1.165) is 29.4 Å². The molecular formula is C16H20N2O2. The number of nitrogens with zero attached hydrogens (tertiary/aromatic N) is 1. The molecule has 2 N–H and O–H groups in total. The van der Waals surface area contributed by atoms with Crippen molar-refractivity contribution in [1.29, 1.82) is 0 Å². The number of β-amino-alcohol motifs (C(OH)–C–C–N with tert-alkyl or cyclic N) is 1. The molecule has 2 unspecified atom stereocenters. The minimum atomic E-state index is -0.320. The number of benzene rings is 1. The van der Waals surface area contributed by atoms with Crippen LogP contribution in [0.5, 0.6) is 0 Å². The van der Waals surface area contributed by atoms with Crippen molar-refractivity contribution in [3.8, 4) is 0 Å². The molecule has 4 nitrogen and oxygen atoms in total. The molecule has 1 fully saturated rings. The normalized spacial score (nSPS) is 24.1. The van der Waals surface area contributed by atoms with Gasteiger partial charge in [-0.05, 0) is 24.9 Å². The molecule has 2 heterocycles. The number of carbonyl (C=O) groups is 1. The van der Waals surface area contributed by atoms with E-state index in [0.29, 0.717) is 19.0 Å². The molecule has 0 aliphatic carbocycles. The fourth-order valence-corrected chi connectivity index (χ4v) is 2.85. The van der Waals surface area contributed by atoms with Gasteiger partial charge in [0, 0.05) is 29.2 Å². The van der Waals surface area contributed by atoms with Gasteiger partial charge >= 0.3 is 0 Å². The molecule has 1 aliphatic rings. The number of Topliss-reactive ketones (excluding diaryl/α,β-unsaturated/α-hetero) is 1. The Kier molecular flexibility index (Phi) is 3.59. The maximum absolute atomic E-state index is 12.4. The van der Waals surface area contributed by atoms with E-state index in [1.54, 1.807) is 6.20 Å². The Bertz CT molecular complexity index is 620. The first-order valence-corrected chi connectivity index (χ1v) is 7.15. The molecule has 0 amide bonds. The summed E-state index contributed by atoms with van der Waals surface area (Å²) in [6, 6.07) is 7.83. The van der Waals surface area contributed by atoms with Crippen molar-refractivity contribution in [2.24, 2.45) is 5.92 Å². The summed E-state index contributed by atoms with van der Waals surface area (Å²) in [7, 11) is 0. The number of likely N-dealkylation sites (tertiary alicyclic amines) is 1. The van der Waals surface area contributed by atoms with Crippen LogP contribution in [0, 0.1) is 5.92 Å². The SMILES string of the molecule is CC1CCN(CC(=O)c2c[nH]c3ccccc23)CC1O. The first kappa shape index (κ1) is 13.3. The summed E-state index contributed by atoms with van der Waals surface area (Å²) in [5.41, 5.74) is 1.73. The van der Waals surface area contributed by atoms with Crippen LogP contribution >= 0.6 is 0 Å². The van der Waals surface area contributed by atoms with E-state index in [9.17, 15) is 9.90 Å². The molecular weight excluding hydrogens is 252 g/mol. The van der Waals surface area contributed by atoms with E-state index < -0.39 is 0 Å². The minimum absolute atomic E-state index is 0.115. The molecule has 0 spiro atoms. The van der Waals surface area contributed by atoms with Gasteiger partial charge < -0.3 is 10.1 Å². The van der Waals surface area contributed by atoms with E-state index in [4.69, 9.17) is 0 Å². The molecule has 0 bridgehead atoms. The van der Waals surface area contributed by atoms with Crippen LogP contribution in [0.15, 0.2) is 30.5 Å². The number of aromatic nitrogens is 1. The van der Waals surface area contributed by atoms with Crippen LogP contribution in [-0.4, -0.2) is 46.5 Å². The summed E-state index contributed by atoms with van der Waals surface area (Å²) in [6.07, 6.45) is 2.41. The number of ketones is 1. The molecule has 4 heteroatoms. The standard InChI is InChI=1S/C16H20N2O2/c1-11-6-7-18(9-15(11)19)10-16(20)13-8-17-14-5-3-2-4-12(13)14/h2-5,8,11,15,17,19H,6-7,9-10H2,1H3. The highest BCUT2D eigenvalue weighted by atomic mass is 16.3. The second-order valence-corrected chi connectivity index (χ2v) is 5.74. The molecule has 1 aromatic carbocycles. The van der Waals surface area contributed by atoms with Gasteiger partial charge in [0.15, 0.2) is 5.78 Å². The van der Waals surface area contributed by atoms with Gasteiger partial charge in [0.25, 0.3) is 0 Å². The predicted octanol–water partition coefficient (Wildman–Crippen LogP) is 2.05. The summed E-state index contributed by atoms with van der Waals surface area (Å²) >= 11 is 0. The van der Waals surface area contributed by atoms with E-state index in [2.05, 4.69) is 16.8 Å². The number of H-pyrrole nitrogens is 1. The largest absolute Gasteiger partial charge is 0.392 e. The molecule has 2 aromatic rings. The molecule has 2 atom stereocenters. The van der Waals surface area contributed by atoms with Crippen molar-refractivity contribution in [3.63, 3.8) is 0 Å². The lowest BCUT2D eigenvalue weighted by Crippen LogP contribution is -2.44. The number of piperidine rings is 1. The molecule has 0 saturated carbocycles. The fraction of sp³-hybridized carbons (Fsp3) is 0.438. The third-order valence-corrected chi connectivity index (χ3v) is 4.26. The first-order chi connectivity index (χ1) is 9.65. The molecule has 1 aliphatic heterocycles. The second kappa shape index (κ2) is 5.38. The Hall–Kier alpha value is -1.65. The number of fused-ring (bicyclic) bond motifs is 1. The molecule has 106 valence electrons. The molecule has 20 heavy (non-hydrogen) atoms. The zero-order valence-corrected chi connectivity index (χ0v) is 11.7. The third-order valence-electron chi connectivity index (χ3n) is 4.26. The third kappa shape index (κ3) is 2.49. The topological polar surface area (TPSA) is 56.3 Å². The van der Waals surface area contributed by atoms with Crippen LogP contribution in [-0.2, 0) is 0 Å². The van der Waals surface area contributed by atoms with E-state index in [-0.39, 0.29) is 11.9 Å². The average Bonchev–Trinajstić information content (AvgIpc) is 2.87. The minimum Gasteiger partial charge on any atom is -0.392 e. The van der Waals surface area contributed by atoms with Crippen LogP contribution < -0.4 is 0 Å². The number of hydrogen-bond acceptors (Lipinski definition) is 3. The van der Waals surface area contributed by atoms with Gasteiger partial charge in [0.1, 0.15) is 0 Å². The number of aromatic amines is 1. The highest BCUT2D eigenvalue weighted by Crippen LogP contribution is 2.20. The highest BCUT2D eigenvalue weighted by Gasteiger charge is 2.26. The molecule has 3 rings (SSSR count). The van der Waals surface area contributed by atoms with Gasteiger partial charge in [0.05, 0.1) is 12.6 Å². The smallest absolute Gasteiger partial charge is 0.178 e. The van der Waals surface area contributed by atoms with Gasteiger partial charge in [-0.1, -0.05) is 25.1 Å². The number of aliphatic hydroxyl groups is 1. The number of carbonyl (C=O) groups excluding carboxylic acids is 1. The number of hydrogen-bond donors (Lipinski definition) is 2. The predicted molar refractivity (Wildman–Crippen MR) is 78.9 cm³/mol. The van der Waals surface area contributed by atoms with Crippen molar-refractivity contribution >= 4 is 16.7 Å². The summed E-state index contributed by atoms with van der Waals surface area (Å²) in [5, 5.41) is 10.9. The maximum Gasteiger partial charge on any atom is 0.178 e. The Balaban J connectivity index is 1.73. The fourth-order valence-electron chi connectivity index (χ4n) is 2.85. The van der Waals surface area contributed by atoms with Gasteiger partial charge in [-0.3, -0.25) is 9.69 Å². The van der Waals surface area contributed by atoms with Gasteiger partial charge in [-0.25, -0.2) is 0 Å². The lowest BCUT2D eigenvalue weighted by atomic mass is 9.95. The Morgan fingerprint density at radius 3 is 3.05 bits per heavy atom. The van der Waals surface area contributed by atoms with Crippen molar-refractivity contribution < 1.29 is 9.90 Å². The number of rotatable bonds is 3. The van der Waals surface area contributed by atoms with E-state index in [1.165, 1.54) is 0 Å². The van der Waals surface area contributed by atoms with E-state index >= 15 is 0 Å². The van der Waals surface area contributed by atoms with E-state index in [1.807, 2.05) is 24.3 Å². The van der Waals surface area contributed by atoms with Crippen molar-refractivity contribution in [2.45, 2.75) is 19.4 Å². The quantitative estimate of drug-likeness (QED) is 0.841. The lowest BCUT2D eigenvalue weighted by molar-refractivity contribution is 0.0295. The monoisotopic (exact) mass is 272 g/mol. The number of aliphatic hydroxyl groups excluding tert-OH is 1. The summed E-state index contributed by atoms with van der Waals surface area (Å²) in [5.74, 6) is 0.443. The van der Waals surface area contributed by atoms with Gasteiger partial charge in [-0.2, -0.15) is 0 Å². The highest BCUT2D eigenvalue weighted by molar-refractivity contribution is 6.08. The zero-order valence-electron chi connectivity index (χ0n) is 11.7. The lowest BCUT2D eigenvalue weighted by Gasteiger charge is -2.33. The zero-order chi connectivity index (χ0) is 14.1. The van der Waals surface area contributed by atoms with Gasteiger partial charge in [0.2, 0.25) is 0 Å². The van der Waals surface area contributed by atoms with Crippen molar-refractivity contribution in [3.05, 3.63) is 36.0 Å². The molecule has 1 saturated heterocycles. The Morgan fingerprint density at radius 1 is 1.45 bits per heavy atom. The first-order valence-electron chi connectivity index (χ1n) is 7.15. The Labute approximate surface area is 118 Å². The van der Waals surface area contributed by atoms with Crippen molar-refractivity contribution in [2.75, 3.05) is 19.6 Å². The van der Waals surface area contributed by atoms with Crippen LogP contribution in [0.25, 0.3) is 10.9 Å². The maximum atomic E-state index is 12.4. The van der Waals surface area contributed by atoms with Gasteiger partial charge in [-0.15, -0.1) is 0 Å². The van der Waals surface area contributed by atoms with Crippen LogP contribution in [0.4, 0.5) is 0 Å². The summed E-state index contributed by atoms with van der Waals surface area (Å²) in [4.78, 5) is 17.6. The molecule has 1 aromatic heterocycles. The Morgan fingerprint density at radius 2 is 2.25 bits per heavy atom. The second-order valence-electron chi connectivity index (χ2n) is 5.74.